The number of anilines is 1. The molecule has 0 saturated heterocycles. The molecular weight excluding hydrogens is 252 g/mol. The number of nitrogens with one attached hydrogen (secondary N) is 2. The van der Waals surface area contributed by atoms with Gasteiger partial charge >= 0.3 is 0 Å². The lowest BCUT2D eigenvalue weighted by Crippen LogP contribution is -2.20. The van der Waals surface area contributed by atoms with E-state index in [0.717, 1.165) is 23.5 Å². The molecule has 0 radical (unpaired) electrons. The summed E-state index contributed by atoms with van der Waals surface area (Å²) in [5.41, 5.74) is 3.09. The Bertz CT molecular complexity index is 591. The molecule has 1 aromatic carbocycles. The Morgan fingerprint density at radius 1 is 1.40 bits per heavy atom. The first-order valence-electron chi connectivity index (χ1n) is 6.64. The number of carbonyl (C=O) groups excluding carboxylic acids is 1. The number of benzene rings is 1. The van der Waals surface area contributed by atoms with Crippen LogP contribution in [0.1, 0.15) is 31.1 Å². The Kier molecular flexibility index (Phi) is 4.53. The molecule has 0 spiro atoms. The molecule has 0 bridgehead atoms. The van der Waals surface area contributed by atoms with Crippen molar-refractivity contribution >= 4 is 11.6 Å². The van der Waals surface area contributed by atoms with E-state index < -0.39 is 0 Å². The molecule has 106 valence electrons. The molecule has 1 unspecified atom stereocenters. The predicted octanol–water partition coefficient (Wildman–Crippen LogP) is 2.23. The van der Waals surface area contributed by atoms with E-state index in [2.05, 4.69) is 22.7 Å². The molecule has 0 aliphatic carbocycles. The average Bonchev–Trinajstić information content (AvgIpc) is 2.81. The summed E-state index contributed by atoms with van der Waals surface area (Å²) < 4.78 is 1.85. The van der Waals surface area contributed by atoms with Crippen molar-refractivity contribution in [2.24, 2.45) is 7.05 Å². The lowest BCUT2D eigenvalue weighted by molar-refractivity contribution is -0.114. The SMILES string of the molecule is CC(=O)Nc1cccc(C(C)NCc2ccnn2C)c1. The Hall–Kier alpha value is -2.14. The fourth-order valence-electron chi connectivity index (χ4n) is 2.04. The molecule has 2 rings (SSSR count). The van der Waals surface area contributed by atoms with Crippen LogP contribution in [0.15, 0.2) is 36.5 Å². The van der Waals surface area contributed by atoms with Crippen LogP contribution in [-0.4, -0.2) is 15.7 Å². The van der Waals surface area contributed by atoms with Gasteiger partial charge in [0.15, 0.2) is 0 Å². The molecule has 5 heteroatoms. The van der Waals surface area contributed by atoms with E-state index in [1.165, 1.54) is 6.92 Å². The van der Waals surface area contributed by atoms with Crippen molar-refractivity contribution in [2.45, 2.75) is 26.4 Å². The van der Waals surface area contributed by atoms with E-state index in [0.29, 0.717) is 0 Å². The van der Waals surface area contributed by atoms with E-state index in [9.17, 15) is 4.79 Å². The lowest BCUT2D eigenvalue weighted by atomic mass is 10.1. The topological polar surface area (TPSA) is 59.0 Å². The Morgan fingerprint density at radius 3 is 2.85 bits per heavy atom. The van der Waals surface area contributed by atoms with Crippen molar-refractivity contribution in [3.8, 4) is 0 Å². The van der Waals surface area contributed by atoms with Gasteiger partial charge in [0.2, 0.25) is 5.91 Å². The maximum atomic E-state index is 11.1. The molecule has 2 N–H and O–H groups in total. The number of aromatic nitrogens is 2. The van der Waals surface area contributed by atoms with Crippen LogP contribution in [0.2, 0.25) is 0 Å². The zero-order chi connectivity index (χ0) is 14.5. The third-order valence-electron chi connectivity index (χ3n) is 3.22. The standard InChI is InChI=1S/C15H20N4O/c1-11(16-10-15-7-8-17-19(15)3)13-5-4-6-14(9-13)18-12(2)20/h4-9,11,16H,10H2,1-3H3,(H,18,20). The average molecular weight is 272 g/mol. The number of amides is 1. The van der Waals surface area contributed by atoms with Crippen molar-refractivity contribution < 1.29 is 4.79 Å². The predicted molar refractivity (Wildman–Crippen MR) is 79.2 cm³/mol. The third kappa shape index (κ3) is 3.68. The van der Waals surface area contributed by atoms with Gasteiger partial charge in [-0.25, -0.2) is 0 Å². The van der Waals surface area contributed by atoms with Gasteiger partial charge in [-0.3, -0.25) is 9.48 Å². The summed E-state index contributed by atoms with van der Waals surface area (Å²) in [6.45, 7) is 4.36. The zero-order valence-corrected chi connectivity index (χ0v) is 12.1. The van der Waals surface area contributed by atoms with Gasteiger partial charge in [-0.05, 0) is 30.7 Å². The van der Waals surface area contributed by atoms with E-state index in [1.54, 1.807) is 6.20 Å². The quantitative estimate of drug-likeness (QED) is 0.877. The van der Waals surface area contributed by atoms with Crippen molar-refractivity contribution in [2.75, 3.05) is 5.32 Å². The van der Waals surface area contributed by atoms with Crippen LogP contribution in [0, 0.1) is 0 Å². The zero-order valence-electron chi connectivity index (χ0n) is 12.1. The van der Waals surface area contributed by atoms with Crippen molar-refractivity contribution in [1.82, 2.24) is 15.1 Å². The summed E-state index contributed by atoms with van der Waals surface area (Å²) in [4.78, 5) is 11.1. The number of hydrogen-bond acceptors (Lipinski definition) is 3. The first kappa shape index (κ1) is 14.3. The van der Waals surface area contributed by atoms with Gasteiger partial charge in [-0.2, -0.15) is 5.10 Å². The fourth-order valence-corrected chi connectivity index (χ4v) is 2.04. The van der Waals surface area contributed by atoms with Crippen LogP contribution >= 0.6 is 0 Å². The first-order chi connectivity index (χ1) is 9.56. The molecular formula is C15H20N4O. The molecule has 1 aromatic heterocycles. The lowest BCUT2D eigenvalue weighted by Gasteiger charge is -2.15. The van der Waals surface area contributed by atoms with E-state index in [-0.39, 0.29) is 11.9 Å². The number of carbonyl (C=O) groups is 1. The number of nitrogens with zero attached hydrogens (tertiary/aromatic N) is 2. The third-order valence-corrected chi connectivity index (χ3v) is 3.22. The highest BCUT2D eigenvalue weighted by Gasteiger charge is 2.07. The Morgan fingerprint density at radius 2 is 2.20 bits per heavy atom. The number of aryl methyl sites for hydroxylation is 1. The molecule has 1 atom stereocenters. The van der Waals surface area contributed by atoms with Crippen LogP contribution in [0.3, 0.4) is 0 Å². The molecule has 5 nitrogen and oxygen atoms in total. The van der Waals surface area contributed by atoms with Gasteiger partial charge in [0, 0.05) is 38.4 Å². The van der Waals surface area contributed by atoms with Gasteiger partial charge in [-0.15, -0.1) is 0 Å². The maximum absolute atomic E-state index is 11.1. The van der Waals surface area contributed by atoms with E-state index in [4.69, 9.17) is 0 Å². The van der Waals surface area contributed by atoms with Gasteiger partial charge in [0.25, 0.3) is 0 Å². The Balaban J connectivity index is 2.00. The fraction of sp³-hybridized carbons (Fsp3) is 0.333. The smallest absolute Gasteiger partial charge is 0.221 e. The molecule has 1 heterocycles. The minimum atomic E-state index is -0.0577. The van der Waals surface area contributed by atoms with Crippen molar-refractivity contribution in [3.05, 3.63) is 47.8 Å². The van der Waals surface area contributed by atoms with Crippen LogP contribution in [0.25, 0.3) is 0 Å². The summed E-state index contributed by atoms with van der Waals surface area (Å²) >= 11 is 0. The molecule has 0 aliphatic heterocycles. The van der Waals surface area contributed by atoms with Gasteiger partial charge in [0.05, 0.1) is 5.69 Å². The van der Waals surface area contributed by atoms with Crippen LogP contribution in [0.4, 0.5) is 5.69 Å². The highest BCUT2D eigenvalue weighted by Crippen LogP contribution is 2.17. The van der Waals surface area contributed by atoms with Gasteiger partial charge in [-0.1, -0.05) is 12.1 Å². The van der Waals surface area contributed by atoms with E-state index in [1.807, 2.05) is 42.1 Å². The molecule has 0 saturated carbocycles. The monoisotopic (exact) mass is 272 g/mol. The van der Waals surface area contributed by atoms with E-state index >= 15 is 0 Å². The summed E-state index contributed by atoms with van der Waals surface area (Å²) in [7, 11) is 1.93. The second-order valence-electron chi connectivity index (χ2n) is 4.86. The second kappa shape index (κ2) is 6.34. The summed E-state index contributed by atoms with van der Waals surface area (Å²) in [5.74, 6) is -0.0577. The number of rotatable bonds is 5. The second-order valence-corrected chi connectivity index (χ2v) is 4.86. The molecule has 2 aromatic rings. The summed E-state index contributed by atoms with van der Waals surface area (Å²) in [6, 6.07) is 10.1. The molecule has 1 amide bonds. The number of hydrogen-bond donors (Lipinski definition) is 2. The molecule has 20 heavy (non-hydrogen) atoms. The van der Waals surface area contributed by atoms with Gasteiger partial charge in [0.1, 0.15) is 0 Å². The summed E-state index contributed by atoms with van der Waals surface area (Å²) in [6.07, 6.45) is 1.79. The van der Waals surface area contributed by atoms with Gasteiger partial charge < -0.3 is 10.6 Å². The van der Waals surface area contributed by atoms with Crippen LogP contribution in [-0.2, 0) is 18.4 Å². The Labute approximate surface area is 119 Å². The van der Waals surface area contributed by atoms with Crippen molar-refractivity contribution in [1.29, 1.82) is 0 Å². The van der Waals surface area contributed by atoms with Crippen molar-refractivity contribution in [3.63, 3.8) is 0 Å². The highest BCUT2D eigenvalue weighted by atomic mass is 16.1. The van der Waals surface area contributed by atoms with Crippen LogP contribution in [0.5, 0.6) is 0 Å². The van der Waals surface area contributed by atoms with Crippen LogP contribution < -0.4 is 10.6 Å². The minimum Gasteiger partial charge on any atom is -0.326 e. The highest BCUT2D eigenvalue weighted by molar-refractivity contribution is 5.88. The molecule has 0 fully saturated rings. The molecule has 0 aliphatic rings. The minimum absolute atomic E-state index is 0.0577. The summed E-state index contributed by atoms with van der Waals surface area (Å²) in [5, 5.41) is 10.4. The largest absolute Gasteiger partial charge is 0.326 e. The first-order valence-corrected chi connectivity index (χ1v) is 6.64. The normalized spacial score (nSPS) is 12.2. The maximum Gasteiger partial charge on any atom is 0.221 e.